The Labute approximate surface area is 139 Å². The van der Waals surface area contributed by atoms with Gasteiger partial charge in [0.05, 0.1) is 0 Å². The molecule has 128 valence electrons. The highest BCUT2D eigenvalue weighted by molar-refractivity contribution is 5.67. The number of hydrogen-bond donors (Lipinski definition) is 4. The number of aliphatic carboxylic acids is 2. The van der Waals surface area contributed by atoms with E-state index in [9.17, 15) is 19.8 Å². The van der Waals surface area contributed by atoms with E-state index >= 15 is 0 Å². The maximum Gasteiger partial charge on any atom is 0.303 e. The van der Waals surface area contributed by atoms with E-state index in [1.54, 1.807) is 48.5 Å². The summed E-state index contributed by atoms with van der Waals surface area (Å²) in [5.41, 5.74) is 1.36. The summed E-state index contributed by atoms with van der Waals surface area (Å²) in [6, 6.07) is 13.5. The zero-order chi connectivity index (χ0) is 17.9. The van der Waals surface area contributed by atoms with Gasteiger partial charge in [-0.3, -0.25) is 9.59 Å². The fourth-order valence-corrected chi connectivity index (χ4v) is 1.93. The SMILES string of the molecule is O=C(O)CCc1ccccc1O.O=C(O)CCc1ccccc1O. The lowest BCUT2D eigenvalue weighted by atomic mass is 10.1. The fourth-order valence-electron chi connectivity index (χ4n) is 1.93. The van der Waals surface area contributed by atoms with Crippen molar-refractivity contribution < 1.29 is 30.0 Å². The minimum atomic E-state index is -0.849. The van der Waals surface area contributed by atoms with E-state index in [4.69, 9.17) is 10.2 Å². The van der Waals surface area contributed by atoms with Gasteiger partial charge in [0.2, 0.25) is 0 Å². The van der Waals surface area contributed by atoms with Gasteiger partial charge in [0.15, 0.2) is 0 Å². The molecule has 2 rings (SSSR count). The average molecular weight is 332 g/mol. The van der Waals surface area contributed by atoms with Crippen LogP contribution >= 0.6 is 0 Å². The number of aryl methyl sites for hydroxylation is 2. The minimum Gasteiger partial charge on any atom is -0.508 e. The molecular weight excluding hydrogens is 312 g/mol. The monoisotopic (exact) mass is 332 g/mol. The summed E-state index contributed by atoms with van der Waals surface area (Å²) in [6.07, 6.45) is 0.860. The van der Waals surface area contributed by atoms with Crippen molar-refractivity contribution in [1.29, 1.82) is 0 Å². The number of hydrogen-bond acceptors (Lipinski definition) is 4. The third-order valence-electron chi connectivity index (χ3n) is 3.20. The average Bonchev–Trinajstić information content (AvgIpc) is 2.54. The van der Waals surface area contributed by atoms with Gasteiger partial charge in [-0.15, -0.1) is 0 Å². The third-order valence-corrected chi connectivity index (χ3v) is 3.20. The fraction of sp³-hybridized carbons (Fsp3) is 0.222. The highest BCUT2D eigenvalue weighted by Gasteiger charge is 2.03. The first kappa shape index (κ1) is 19.0. The van der Waals surface area contributed by atoms with Crippen LogP contribution in [0.15, 0.2) is 48.5 Å². The molecule has 6 heteroatoms. The molecule has 0 heterocycles. The van der Waals surface area contributed by atoms with Crippen LogP contribution < -0.4 is 0 Å². The summed E-state index contributed by atoms with van der Waals surface area (Å²) in [5, 5.41) is 35.2. The number of carboxylic acid groups (broad SMARTS) is 2. The van der Waals surface area contributed by atoms with Crippen molar-refractivity contribution in [3.05, 3.63) is 59.7 Å². The number of carbonyl (C=O) groups is 2. The first-order valence-electron chi connectivity index (χ1n) is 7.37. The Balaban J connectivity index is 0.000000240. The number of aromatic hydroxyl groups is 2. The van der Waals surface area contributed by atoms with Gasteiger partial charge in [-0.1, -0.05) is 36.4 Å². The summed E-state index contributed by atoms with van der Waals surface area (Å²) in [7, 11) is 0. The minimum absolute atomic E-state index is 0.0531. The van der Waals surface area contributed by atoms with Crippen LogP contribution in [-0.4, -0.2) is 32.4 Å². The van der Waals surface area contributed by atoms with Crippen molar-refractivity contribution in [3.8, 4) is 11.5 Å². The molecule has 2 aromatic carbocycles. The highest BCUT2D eigenvalue weighted by atomic mass is 16.4. The van der Waals surface area contributed by atoms with Crippen molar-refractivity contribution in [3.63, 3.8) is 0 Å². The first-order valence-corrected chi connectivity index (χ1v) is 7.37. The molecule has 0 unspecified atom stereocenters. The second-order valence-corrected chi connectivity index (χ2v) is 5.04. The standard InChI is InChI=1S/2C9H10O3/c2*10-8-4-2-1-3-7(8)5-6-9(11)12/h2*1-4,10H,5-6H2,(H,11,12). The Bertz CT molecular complexity index is 621. The Hall–Kier alpha value is -3.02. The van der Waals surface area contributed by atoms with E-state index in [1.807, 2.05) is 0 Å². The van der Waals surface area contributed by atoms with Crippen LogP contribution in [0.3, 0.4) is 0 Å². The van der Waals surface area contributed by atoms with Gasteiger partial charge in [0.25, 0.3) is 0 Å². The summed E-state index contributed by atoms with van der Waals surface area (Å²) in [4.78, 5) is 20.4. The van der Waals surface area contributed by atoms with E-state index in [2.05, 4.69) is 0 Å². The quantitative estimate of drug-likeness (QED) is 0.646. The van der Waals surface area contributed by atoms with Gasteiger partial charge in [-0.25, -0.2) is 0 Å². The summed E-state index contributed by atoms with van der Waals surface area (Å²) in [5.74, 6) is -1.37. The molecule has 0 saturated carbocycles. The van der Waals surface area contributed by atoms with Gasteiger partial charge in [0, 0.05) is 12.8 Å². The molecule has 24 heavy (non-hydrogen) atoms. The summed E-state index contributed by atoms with van der Waals surface area (Å²) >= 11 is 0. The normalized spacial score (nSPS) is 9.67. The molecule has 0 spiro atoms. The third kappa shape index (κ3) is 7.31. The predicted octanol–water partition coefficient (Wildman–Crippen LogP) is 2.82. The molecule has 0 atom stereocenters. The Morgan fingerprint density at radius 2 is 1.00 bits per heavy atom. The molecule has 0 bridgehead atoms. The van der Waals surface area contributed by atoms with Crippen molar-refractivity contribution in [2.24, 2.45) is 0 Å². The smallest absolute Gasteiger partial charge is 0.303 e. The van der Waals surface area contributed by atoms with Gasteiger partial charge in [-0.05, 0) is 36.1 Å². The lowest BCUT2D eigenvalue weighted by Crippen LogP contribution is -1.97. The topological polar surface area (TPSA) is 115 Å². The van der Waals surface area contributed by atoms with Gasteiger partial charge >= 0.3 is 11.9 Å². The molecule has 0 radical (unpaired) electrons. The lowest BCUT2D eigenvalue weighted by molar-refractivity contribution is -0.138. The van der Waals surface area contributed by atoms with Crippen LogP contribution in [0.5, 0.6) is 11.5 Å². The van der Waals surface area contributed by atoms with Gasteiger partial charge in [-0.2, -0.15) is 0 Å². The second-order valence-electron chi connectivity index (χ2n) is 5.04. The molecule has 4 N–H and O–H groups in total. The number of rotatable bonds is 6. The van der Waals surface area contributed by atoms with Crippen molar-refractivity contribution in [1.82, 2.24) is 0 Å². The summed E-state index contributed by atoms with van der Waals surface area (Å²) in [6.45, 7) is 0. The Morgan fingerprint density at radius 1 is 0.667 bits per heavy atom. The molecule has 0 aromatic heterocycles. The van der Waals surface area contributed by atoms with E-state index in [1.165, 1.54) is 0 Å². The van der Waals surface area contributed by atoms with E-state index in [0.717, 1.165) is 0 Å². The molecule has 0 saturated heterocycles. The van der Waals surface area contributed by atoms with Crippen LogP contribution in [0, 0.1) is 0 Å². The molecule has 0 aliphatic heterocycles. The molecule has 0 amide bonds. The highest BCUT2D eigenvalue weighted by Crippen LogP contribution is 2.17. The van der Waals surface area contributed by atoms with Crippen molar-refractivity contribution >= 4 is 11.9 Å². The van der Waals surface area contributed by atoms with E-state index < -0.39 is 11.9 Å². The van der Waals surface area contributed by atoms with Gasteiger partial charge < -0.3 is 20.4 Å². The van der Waals surface area contributed by atoms with Crippen LogP contribution in [0.2, 0.25) is 0 Å². The maximum atomic E-state index is 10.2. The number of benzene rings is 2. The first-order chi connectivity index (χ1) is 11.4. The molecule has 0 aliphatic rings. The second kappa shape index (κ2) is 9.89. The number of carboxylic acids is 2. The zero-order valence-electron chi connectivity index (χ0n) is 13.1. The van der Waals surface area contributed by atoms with Crippen LogP contribution in [0.25, 0.3) is 0 Å². The zero-order valence-corrected chi connectivity index (χ0v) is 13.1. The summed E-state index contributed by atoms with van der Waals surface area (Å²) < 4.78 is 0. The van der Waals surface area contributed by atoms with Crippen LogP contribution in [-0.2, 0) is 22.4 Å². The molecule has 0 fully saturated rings. The van der Waals surface area contributed by atoms with Crippen molar-refractivity contribution in [2.75, 3.05) is 0 Å². The predicted molar refractivity (Wildman–Crippen MR) is 88.1 cm³/mol. The van der Waals surface area contributed by atoms with E-state index in [-0.39, 0.29) is 24.3 Å². The number of phenolic OH excluding ortho intramolecular Hbond substituents is 2. The maximum absolute atomic E-state index is 10.2. The molecular formula is C18H20O6. The molecule has 6 nitrogen and oxygen atoms in total. The van der Waals surface area contributed by atoms with E-state index in [0.29, 0.717) is 24.0 Å². The lowest BCUT2D eigenvalue weighted by Gasteiger charge is -2.00. The molecule has 0 aliphatic carbocycles. The van der Waals surface area contributed by atoms with Crippen LogP contribution in [0.1, 0.15) is 24.0 Å². The molecule has 2 aromatic rings. The largest absolute Gasteiger partial charge is 0.508 e. The number of phenols is 2. The number of para-hydroxylation sites is 2. The van der Waals surface area contributed by atoms with Crippen LogP contribution in [0.4, 0.5) is 0 Å². The van der Waals surface area contributed by atoms with Gasteiger partial charge in [0.1, 0.15) is 11.5 Å². The Morgan fingerprint density at radius 3 is 1.29 bits per heavy atom. The van der Waals surface area contributed by atoms with Crippen molar-refractivity contribution in [2.45, 2.75) is 25.7 Å². The Kier molecular flexibility index (Phi) is 7.84.